The van der Waals surface area contributed by atoms with Gasteiger partial charge in [0.25, 0.3) is 0 Å². The summed E-state index contributed by atoms with van der Waals surface area (Å²) in [7, 11) is 3.70. The average molecular weight is 407 g/mol. The van der Waals surface area contributed by atoms with Crippen LogP contribution in [0.15, 0.2) is 48.8 Å². The highest BCUT2D eigenvalue weighted by Crippen LogP contribution is 2.36. The van der Waals surface area contributed by atoms with Gasteiger partial charge >= 0.3 is 0 Å². The Bertz CT molecular complexity index is 972. The molecule has 1 fully saturated rings. The smallest absolute Gasteiger partial charge is 0.162 e. The molecule has 0 saturated heterocycles. The van der Waals surface area contributed by atoms with Crippen LogP contribution in [0.5, 0.6) is 11.5 Å². The van der Waals surface area contributed by atoms with E-state index < -0.39 is 0 Å². The topological polar surface area (TPSA) is 68.3 Å². The first kappa shape index (κ1) is 20.4. The molecule has 1 heterocycles. The average Bonchev–Trinajstić information content (AvgIpc) is 2.80. The standard InChI is InChI=1S/C24H30N4O2/c1-16(17-7-5-4-6-8-17)28-24-20-13-23(22(29-3)14-21(20)26-15-27-24)30-19-11-9-18(25-2)10-12-19/h4-8,13-16,18-19,25H,9-12H2,1-3H3,(H,26,27,28)/t16-,18?,19?/m1/s1. The second kappa shape index (κ2) is 9.30. The summed E-state index contributed by atoms with van der Waals surface area (Å²) in [4.78, 5) is 8.95. The Kier molecular flexibility index (Phi) is 6.33. The quantitative estimate of drug-likeness (QED) is 0.592. The molecule has 1 atom stereocenters. The van der Waals surface area contributed by atoms with Gasteiger partial charge in [-0.15, -0.1) is 0 Å². The van der Waals surface area contributed by atoms with E-state index in [4.69, 9.17) is 9.47 Å². The van der Waals surface area contributed by atoms with Gasteiger partial charge in [-0.05, 0) is 51.3 Å². The minimum Gasteiger partial charge on any atom is -0.493 e. The molecular formula is C24H30N4O2. The number of methoxy groups -OCH3 is 1. The Morgan fingerprint density at radius 1 is 1.00 bits per heavy atom. The predicted molar refractivity (Wildman–Crippen MR) is 120 cm³/mol. The largest absolute Gasteiger partial charge is 0.493 e. The van der Waals surface area contributed by atoms with Crippen molar-refractivity contribution in [3.8, 4) is 11.5 Å². The molecule has 2 aromatic carbocycles. The van der Waals surface area contributed by atoms with Crippen LogP contribution in [0.25, 0.3) is 10.9 Å². The van der Waals surface area contributed by atoms with Crippen molar-refractivity contribution in [2.75, 3.05) is 19.5 Å². The Balaban J connectivity index is 1.60. The first-order valence-electron chi connectivity index (χ1n) is 10.7. The molecule has 1 saturated carbocycles. The van der Waals surface area contributed by atoms with Gasteiger partial charge in [-0.1, -0.05) is 30.3 Å². The van der Waals surface area contributed by atoms with Crippen LogP contribution in [0.4, 0.5) is 5.82 Å². The zero-order chi connectivity index (χ0) is 20.9. The van der Waals surface area contributed by atoms with Crippen LogP contribution in [0.3, 0.4) is 0 Å². The second-order valence-corrected chi connectivity index (χ2v) is 7.90. The lowest BCUT2D eigenvalue weighted by molar-refractivity contribution is 0.137. The molecule has 0 aliphatic heterocycles. The molecule has 30 heavy (non-hydrogen) atoms. The minimum atomic E-state index is 0.118. The third kappa shape index (κ3) is 4.49. The Morgan fingerprint density at radius 2 is 1.77 bits per heavy atom. The number of fused-ring (bicyclic) bond motifs is 1. The summed E-state index contributed by atoms with van der Waals surface area (Å²) in [5.41, 5.74) is 2.03. The van der Waals surface area contributed by atoms with Gasteiger partial charge in [0.15, 0.2) is 11.5 Å². The third-order valence-electron chi connectivity index (χ3n) is 5.95. The molecule has 0 spiro atoms. The maximum absolute atomic E-state index is 6.39. The lowest BCUT2D eigenvalue weighted by Gasteiger charge is -2.29. The summed E-state index contributed by atoms with van der Waals surface area (Å²) in [6.45, 7) is 2.13. The number of aromatic nitrogens is 2. The zero-order valence-corrected chi connectivity index (χ0v) is 17.9. The summed E-state index contributed by atoms with van der Waals surface area (Å²) < 4.78 is 12.0. The van der Waals surface area contributed by atoms with Crippen molar-refractivity contribution in [3.63, 3.8) is 0 Å². The van der Waals surface area contributed by atoms with E-state index in [-0.39, 0.29) is 12.1 Å². The van der Waals surface area contributed by atoms with Crippen LogP contribution in [-0.4, -0.2) is 36.3 Å². The number of nitrogens with one attached hydrogen (secondary N) is 2. The Hall–Kier alpha value is -2.86. The molecule has 1 aromatic heterocycles. The van der Waals surface area contributed by atoms with Crippen LogP contribution >= 0.6 is 0 Å². The first-order chi connectivity index (χ1) is 14.7. The van der Waals surface area contributed by atoms with Crippen molar-refractivity contribution in [2.45, 2.75) is 50.8 Å². The van der Waals surface area contributed by atoms with E-state index in [1.807, 2.05) is 37.4 Å². The van der Waals surface area contributed by atoms with Crippen LogP contribution < -0.4 is 20.1 Å². The highest BCUT2D eigenvalue weighted by atomic mass is 16.5. The van der Waals surface area contributed by atoms with Crippen LogP contribution in [0.2, 0.25) is 0 Å². The number of hydrogen-bond donors (Lipinski definition) is 2. The van der Waals surface area contributed by atoms with E-state index in [0.717, 1.165) is 48.2 Å². The molecule has 158 valence electrons. The van der Waals surface area contributed by atoms with E-state index in [1.165, 1.54) is 5.56 Å². The normalized spacial score (nSPS) is 20.0. The SMILES string of the molecule is CNC1CCC(Oc2cc3c(N[C@H](C)c4ccccc4)ncnc3cc2OC)CC1. The lowest BCUT2D eigenvalue weighted by Crippen LogP contribution is -2.34. The molecule has 4 rings (SSSR count). The van der Waals surface area contributed by atoms with Gasteiger partial charge in [0.05, 0.1) is 18.7 Å². The highest BCUT2D eigenvalue weighted by molar-refractivity contribution is 5.91. The van der Waals surface area contributed by atoms with Crippen LogP contribution in [0, 0.1) is 0 Å². The molecule has 0 unspecified atom stereocenters. The molecule has 1 aliphatic carbocycles. The van der Waals surface area contributed by atoms with Gasteiger partial charge in [-0.3, -0.25) is 0 Å². The molecule has 0 amide bonds. The van der Waals surface area contributed by atoms with E-state index in [2.05, 4.69) is 39.7 Å². The molecule has 2 N–H and O–H groups in total. The van der Waals surface area contributed by atoms with Crippen molar-refractivity contribution < 1.29 is 9.47 Å². The number of benzene rings is 2. The molecule has 6 nitrogen and oxygen atoms in total. The van der Waals surface area contributed by atoms with Crippen molar-refractivity contribution >= 4 is 16.7 Å². The first-order valence-corrected chi connectivity index (χ1v) is 10.7. The minimum absolute atomic E-state index is 0.118. The number of nitrogens with zero attached hydrogens (tertiary/aromatic N) is 2. The fraction of sp³-hybridized carbons (Fsp3) is 0.417. The van der Waals surface area contributed by atoms with Crippen LogP contribution in [0.1, 0.15) is 44.2 Å². The third-order valence-corrected chi connectivity index (χ3v) is 5.95. The number of anilines is 1. The highest BCUT2D eigenvalue weighted by Gasteiger charge is 2.23. The van der Waals surface area contributed by atoms with Crippen molar-refractivity contribution in [3.05, 3.63) is 54.4 Å². The van der Waals surface area contributed by atoms with E-state index in [0.29, 0.717) is 11.8 Å². The van der Waals surface area contributed by atoms with E-state index >= 15 is 0 Å². The van der Waals surface area contributed by atoms with Gasteiger partial charge in [0.2, 0.25) is 0 Å². The Labute approximate surface area is 178 Å². The molecule has 0 bridgehead atoms. The van der Waals surface area contributed by atoms with Gasteiger partial charge < -0.3 is 20.1 Å². The number of rotatable bonds is 7. The van der Waals surface area contributed by atoms with Gasteiger partial charge in [0.1, 0.15) is 12.1 Å². The van der Waals surface area contributed by atoms with Crippen molar-refractivity contribution in [1.29, 1.82) is 0 Å². The fourth-order valence-corrected chi connectivity index (χ4v) is 4.11. The monoisotopic (exact) mass is 406 g/mol. The summed E-state index contributed by atoms with van der Waals surface area (Å²) in [5, 5.41) is 7.83. The lowest BCUT2D eigenvalue weighted by atomic mass is 9.93. The van der Waals surface area contributed by atoms with E-state index in [1.54, 1.807) is 13.4 Å². The molecular weight excluding hydrogens is 376 g/mol. The van der Waals surface area contributed by atoms with Gasteiger partial charge in [0, 0.05) is 23.5 Å². The number of ether oxygens (including phenoxy) is 2. The summed E-state index contributed by atoms with van der Waals surface area (Å²) >= 11 is 0. The second-order valence-electron chi connectivity index (χ2n) is 7.90. The zero-order valence-electron chi connectivity index (χ0n) is 17.9. The Morgan fingerprint density at radius 3 is 2.47 bits per heavy atom. The molecule has 3 aromatic rings. The van der Waals surface area contributed by atoms with Gasteiger partial charge in [-0.25, -0.2) is 9.97 Å². The summed E-state index contributed by atoms with van der Waals surface area (Å²) in [6.07, 6.45) is 6.11. The van der Waals surface area contributed by atoms with Crippen molar-refractivity contribution in [2.24, 2.45) is 0 Å². The molecule has 1 aliphatic rings. The maximum Gasteiger partial charge on any atom is 0.162 e. The summed E-state index contributed by atoms with van der Waals surface area (Å²) in [6, 6.07) is 15.0. The van der Waals surface area contributed by atoms with Crippen LogP contribution in [-0.2, 0) is 0 Å². The number of hydrogen-bond acceptors (Lipinski definition) is 6. The fourth-order valence-electron chi connectivity index (χ4n) is 4.11. The predicted octanol–water partition coefficient (Wildman–Crippen LogP) is 4.72. The van der Waals surface area contributed by atoms with E-state index in [9.17, 15) is 0 Å². The summed E-state index contributed by atoms with van der Waals surface area (Å²) in [5.74, 6) is 2.25. The molecule has 6 heteroatoms. The van der Waals surface area contributed by atoms with Gasteiger partial charge in [-0.2, -0.15) is 0 Å². The van der Waals surface area contributed by atoms with Crippen molar-refractivity contribution in [1.82, 2.24) is 15.3 Å². The molecule has 0 radical (unpaired) electrons. The maximum atomic E-state index is 6.39.